The molecule has 1 aliphatic rings. The first kappa shape index (κ1) is 14.8. The van der Waals surface area contributed by atoms with Crippen LogP contribution < -0.4 is 4.74 Å². The van der Waals surface area contributed by atoms with Crippen LogP contribution in [0.3, 0.4) is 0 Å². The third kappa shape index (κ3) is 3.30. The molecule has 0 aromatic heterocycles. The molecule has 0 spiro atoms. The second kappa shape index (κ2) is 5.42. The number of nitrogens with zero attached hydrogens (tertiary/aromatic N) is 1. The van der Waals surface area contributed by atoms with Gasteiger partial charge in [0.2, 0.25) is 10.0 Å². The Morgan fingerprint density at radius 2 is 1.89 bits per heavy atom. The number of hydrogen-bond acceptors (Lipinski definition) is 3. The average Bonchev–Trinajstić information content (AvgIpc) is 2.31. The molecule has 0 N–H and O–H groups in total. The van der Waals surface area contributed by atoms with Crippen molar-refractivity contribution in [2.45, 2.75) is 26.4 Å². The first-order valence-corrected chi connectivity index (χ1v) is 8.57. The molecule has 0 amide bonds. The molecule has 1 heterocycles. The largest absolute Gasteiger partial charge is 0.489 e. The van der Waals surface area contributed by atoms with Gasteiger partial charge in [0.1, 0.15) is 11.9 Å². The molecule has 1 fully saturated rings. The van der Waals surface area contributed by atoms with Crippen molar-refractivity contribution in [2.75, 3.05) is 19.3 Å². The molecule has 1 unspecified atom stereocenters. The summed E-state index contributed by atoms with van der Waals surface area (Å²) in [6, 6.07) is 3.94. The molecule has 1 atom stereocenters. The van der Waals surface area contributed by atoms with E-state index in [-0.39, 0.29) is 11.9 Å². The summed E-state index contributed by atoms with van der Waals surface area (Å²) >= 11 is 3.52. The van der Waals surface area contributed by atoms with Gasteiger partial charge in [-0.15, -0.1) is 0 Å². The summed E-state index contributed by atoms with van der Waals surface area (Å²) in [5.74, 6) is 0.957. The number of sulfonamides is 1. The van der Waals surface area contributed by atoms with Crippen molar-refractivity contribution in [3.05, 3.63) is 27.7 Å². The molecule has 1 aromatic rings. The molecule has 19 heavy (non-hydrogen) atoms. The topological polar surface area (TPSA) is 46.6 Å². The highest BCUT2D eigenvalue weighted by Gasteiger charge is 2.29. The molecule has 4 nitrogen and oxygen atoms in total. The summed E-state index contributed by atoms with van der Waals surface area (Å²) in [4.78, 5) is 0. The lowest BCUT2D eigenvalue weighted by atomic mass is 10.1. The minimum atomic E-state index is -3.06. The van der Waals surface area contributed by atoms with Crippen LogP contribution in [-0.2, 0) is 10.0 Å². The smallest absolute Gasteiger partial charge is 0.214 e. The van der Waals surface area contributed by atoms with E-state index in [2.05, 4.69) is 15.9 Å². The molecule has 106 valence electrons. The average molecular weight is 348 g/mol. The molecule has 0 saturated carbocycles. The molecular weight excluding hydrogens is 330 g/mol. The van der Waals surface area contributed by atoms with E-state index in [1.165, 1.54) is 4.31 Å². The Balaban J connectivity index is 2.11. The van der Waals surface area contributed by atoms with Gasteiger partial charge < -0.3 is 4.74 Å². The first-order valence-electron chi connectivity index (χ1n) is 6.17. The fraction of sp³-hybridized carbons (Fsp3) is 0.538. The monoisotopic (exact) mass is 347 g/mol. The highest BCUT2D eigenvalue weighted by molar-refractivity contribution is 9.10. The predicted octanol–water partition coefficient (Wildman–Crippen LogP) is 2.48. The summed E-state index contributed by atoms with van der Waals surface area (Å²) in [5.41, 5.74) is 2.23. The second-order valence-corrected chi connectivity index (χ2v) is 7.98. The molecular formula is C13H18BrNO3S. The maximum atomic E-state index is 11.6. The fourth-order valence-corrected chi connectivity index (χ4v) is 3.69. The van der Waals surface area contributed by atoms with Gasteiger partial charge in [-0.3, -0.25) is 0 Å². The Morgan fingerprint density at radius 3 is 2.42 bits per heavy atom. The maximum absolute atomic E-state index is 11.6. The van der Waals surface area contributed by atoms with Crippen LogP contribution in [0.2, 0.25) is 0 Å². The fourth-order valence-electron chi connectivity index (χ4n) is 2.19. The molecule has 1 aromatic carbocycles. The number of ether oxygens (including phenoxy) is 1. The number of rotatable bonds is 2. The molecule has 0 radical (unpaired) electrons. The lowest BCUT2D eigenvalue weighted by molar-refractivity contribution is 0.164. The zero-order valence-corrected chi connectivity index (χ0v) is 13.7. The standard InChI is InChI=1S/C13H18BrNO3S/c1-9-6-12(7-10(2)13(9)14)18-11-4-5-19(16,17)15(3)8-11/h6-7,11H,4-5,8H2,1-3H3. The number of likely N-dealkylation sites (N-methyl/N-ethyl adjacent to an activating group) is 1. The van der Waals surface area contributed by atoms with Crippen molar-refractivity contribution in [2.24, 2.45) is 0 Å². The second-order valence-electron chi connectivity index (χ2n) is 5.00. The Bertz CT molecular complexity index is 563. The third-order valence-corrected chi connectivity index (χ3v) is 6.45. The van der Waals surface area contributed by atoms with E-state index < -0.39 is 10.0 Å². The van der Waals surface area contributed by atoms with Gasteiger partial charge in [-0.2, -0.15) is 0 Å². The van der Waals surface area contributed by atoms with Crippen LogP contribution in [0.4, 0.5) is 0 Å². The zero-order valence-electron chi connectivity index (χ0n) is 11.3. The molecule has 0 bridgehead atoms. The van der Waals surface area contributed by atoms with Crippen LogP contribution in [-0.4, -0.2) is 38.2 Å². The molecule has 6 heteroatoms. The van der Waals surface area contributed by atoms with E-state index in [1.807, 2.05) is 26.0 Å². The van der Waals surface area contributed by atoms with Crippen LogP contribution in [0.25, 0.3) is 0 Å². The lowest BCUT2D eigenvalue weighted by Gasteiger charge is -2.30. The van der Waals surface area contributed by atoms with Gasteiger partial charge in [0, 0.05) is 17.9 Å². The highest BCUT2D eigenvalue weighted by atomic mass is 79.9. The molecule has 1 aliphatic heterocycles. The van der Waals surface area contributed by atoms with Crippen molar-refractivity contribution in [3.8, 4) is 5.75 Å². The SMILES string of the molecule is Cc1cc(OC2CCS(=O)(=O)N(C)C2)cc(C)c1Br. The number of benzene rings is 1. The third-order valence-electron chi connectivity index (χ3n) is 3.35. The van der Waals surface area contributed by atoms with E-state index in [0.29, 0.717) is 13.0 Å². The van der Waals surface area contributed by atoms with Crippen molar-refractivity contribution < 1.29 is 13.2 Å². The zero-order chi connectivity index (χ0) is 14.2. The number of halogens is 1. The summed E-state index contributed by atoms with van der Waals surface area (Å²) in [5, 5.41) is 0. The van der Waals surface area contributed by atoms with Gasteiger partial charge >= 0.3 is 0 Å². The summed E-state index contributed by atoms with van der Waals surface area (Å²) in [6.07, 6.45) is 0.467. The van der Waals surface area contributed by atoms with Crippen LogP contribution >= 0.6 is 15.9 Å². The molecule has 1 saturated heterocycles. The van der Waals surface area contributed by atoms with Crippen LogP contribution in [0.1, 0.15) is 17.5 Å². The van der Waals surface area contributed by atoms with Gasteiger partial charge in [0.15, 0.2) is 0 Å². The van der Waals surface area contributed by atoms with E-state index in [1.54, 1.807) is 7.05 Å². The first-order chi connectivity index (χ1) is 8.79. The Labute approximate surface area is 122 Å². The van der Waals surface area contributed by atoms with Crippen LogP contribution in [0.5, 0.6) is 5.75 Å². The summed E-state index contributed by atoms with van der Waals surface area (Å²) in [6.45, 7) is 4.44. The Kier molecular flexibility index (Phi) is 4.23. The minimum absolute atomic E-state index is 0.0755. The Hall–Kier alpha value is -0.590. The van der Waals surface area contributed by atoms with Crippen molar-refractivity contribution in [1.82, 2.24) is 4.31 Å². The number of aryl methyl sites for hydroxylation is 2. The normalized spacial score (nSPS) is 23.3. The minimum Gasteiger partial charge on any atom is -0.489 e. The maximum Gasteiger partial charge on any atom is 0.214 e. The van der Waals surface area contributed by atoms with E-state index in [9.17, 15) is 8.42 Å². The molecule has 2 rings (SSSR count). The summed E-state index contributed by atoms with van der Waals surface area (Å²) in [7, 11) is -1.46. The van der Waals surface area contributed by atoms with Gasteiger partial charge in [0.25, 0.3) is 0 Å². The van der Waals surface area contributed by atoms with Crippen molar-refractivity contribution in [3.63, 3.8) is 0 Å². The lowest BCUT2D eigenvalue weighted by Crippen LogP contribution is -2.44. The Morgan fingerprint density at radius 1 is 1.32 bits per heavy atom. The summed E-state index contributed by atoms with van der Waals surface area (Å²) < 4.78 is 31.6. The van der Waals surface area contributed by atoms with Gasteiger partial charge in [0.05, 0.1) is 12.3 Å². The highest BCUT2D eigenvalue weighted by Crippen LogP contribution is 2.28. The van der Waals surface area contributed by atoms with Crippen molar-refractivity contribution >= 4 is 26.0 Å². The van der Waals surface area contributed by atoms with Crippen LogP contribution in [0, 0.1) is 13.8 Å². The molecule has 0 aliphatic carbocycles. The van der Waals surface area contributed by atoms with Crippen molar-refractivity contribution in [1.29, 1.82) is 0 Å². The van der Waals surface area contributed by atoms with Gasteiger partial charge in [-0.1, -0.05) is 15.9 Å². The van der Waals surface area contributed by atoms with Crippen LogP contribution in [0.15, 0.2) is 16.6 Å². The quantitative estimate of drug-likeness (QED) is 0.825. The van der Waals surface area contributed by atoms with E-state index >= 15 is 0 Å². The van der Waals surface area contributed by atoms with Gasteiger partial charge in [-0.05, 0) is 37.1 Å². The number of hydrogen-bond donors (Lipinski definition) is 0. The van der Waals surface area contributed by atoms with E-state index in [0.717, 1.165) is 21.3 Å². The van der Waals surface area contributed by atoms with E-state index in [4.69, 9.17) is 4.74 Å². The van der Waals surface area contributed by atoms with Gasteiger partial charge in [-0.25, -0.2) is 12.7 Å². The predicted molar refractivity (Wildman–Crippen MR) is 79.1 cm³/mol.